The molecule has 1 unspecified atom stereocenters. The molecule has 3 N–H and O–H groups in total. The summed E-state index contributed by atoms with van der Waals surface area (Å²) in [7, 11) is 0. The smallest absolute Gasteiger partial charge is 0.332 e. The van der Waals surface area contributed by atoms with Gasteiger partial charge in [0.2, 0.25) is 0 Å². The van der Waals surface area contributed by atoms with Crippen molar-refractivity contribution in [3.05, 3.63) is 41.7 Å². The van der Waals surface area contributed by atoms with Crippen molar-refractivity contribution in [2.45, 2.75) is 25.9 Å². The Morgan fingerprint density at radius 2 is 2.10 bits per heavy atom. The second kappa shape index (κ2) is 6.85. The normalized spacial score (nSPS) is 12.1. The Bertz CT molecular complexity index is 595. The van der Waals surface area contributed by atoms with Gasteiger partial charge < -0.3 is 15.5 Å². The highest BCUT2D eigenvalue weighted by Crippen LogP contribution is 2.18. The molecule has 2 aromatic rings. The van der Waals surface area contributed by atoms with Crippen LogP contribution in [0.15, 0.2) is 30.5 Å². The molecule has 1 aromatic carbocycles. The third-order valence-corrected chi connectivity index (χ3v) is 3.01. The second-order valence-corrected chi connectivity index (χ2v) is 4.77. The van der Waals surface area contributed by atoms with Crippen molar-refractivity contribution in [3.8, 4) is 0 Å². The summed E-state index contributed by atoms with van der Waals surface area (Å²) >= 11 is 0. The van der Waals surface area contributed by atoms with Gasteiger partial charge in [0.15, 0.2) is 6.04 Å². The summed E-state index contributed by atoms with van der Waals surface area (Å²) in [4.78, 5) is 11.4. The van der Waals surface area contributed by atoms with Crippen molar-refractivity contribution in [2.24, 2.45) is 0 Å². The van der Waals surface area contributed by atoms with Crippen LogP contribution in [0, 0.1) is 6.92 Å². The van der Waals surface area contributed by atoms with Crippen LogP contribution in [0.5, 0.6) is 0 Å². The Hall–Kier alpha value is -2.41. The molecule has 0 fully saturated rings. The Labute approximate surface area is 122 Å². The lowest BCUT2D eigenvalue weighted by molar-refractivity contribution is -0.138. The average Bonchev–Trinajstić information content (AvgIpc) is 2.92. The van der Waals surface area contributed by atoms with Crippen LogP contribution in [-0.2, 0) is 11.3 Å². The summed E-state index contributed by atoms with van der Waals surface area (Å²) in [5, 5.41) is 28.8. The third kappa shape index (κ3) is 4.03. The number of anilines is 1. The maximum atomic E-state index is 11.4. The van der Waals surface area contributed by atoms with Gasteiger partial charge in [-0.1, -0.05) is 22.9 Å². The fourth-order valence-corrected chi connectivity index (χ4v) is 1.87. The summed E-state index contributed by atoms with van der Waals surface area (Å²) < 4.78 is 1.53. The molecule has 0 aliphatic carbocycles. The van der Waals surface area contributed by atoms with Gasteiger partial charge in [-0.3, -0.25) is 4.68 Å². The number of aliphatic hydroxyl groups excluding tert-OH is 1. The number of carbonyl (C=O) groups is 1. The molecule has 0 aliphatic heterocycles. The second-order valence-electron chi connectivity index (χ2n) is 4.77. The van der Waals surface area contributed by atoms with Crippen LogP contribution < -0.4 is 5.32 Å². The van der Waals surface area contributed by atoms with E-state index in [1.54, 1.807) is 6.20 Å². The van der Waals surface area contributed by atoms with E-state index in [1.165, 1.54) is 4.68 Å². The molecule has 0 saturated heterocycles. The summed E-state index contributed by atoms with van der Waals surface area (Å²) in [5.41, 5.74) is 2.14. The molecule has 7 heteroatoms. The summed E-state index contributed by atoms with van der Waals surface area (Å²) in [6.45, 7) is 2.52. The summed E-state index contributed by atoms with van der Waals surface area (Å²) in [6, 6.07) is 6.48. The van der Waals surface area contributed by atoms with Crippen LogP contribution in [0.2, 0.25) is 0 Å². The number of aliphatic hydroxyl groups is 1. The molecule has 2 rings (SSSR count). The minimum atomic E-state index is -1.02. The zero-order valence-electron chi connectivity index (χ0n) is 11.7. The molecule has 0 bridgehead atoms. The Balaban J connectivity index is 2.13. The van der Waals surface area contributed by atoms with Gasteiger partial charge in [-0.2, -0.15) is 0 Å². The largest absolute Gasteiger partial charge is 0.479 e. The Kier molecular flexibility index (Phi) is 4.89. The van der Waals surface area contributed by atoms with Crippen LogP contribution in [0.4, 0.5) is 5.69 Å². The molecule has 0 spiro atoms. The van der Waals surface area contributed by atoms with Crippen molar-refractivity contribution in [1.82, 2.24) is 15.0 Å². The van der Waals surface area contributed by atoms with E-state index in [0.717, 1.165) is 5.56 Å². The SMILES string of the molecule is Cc1ccc(NC(C(=O)O)c2cn(CCCO)nn2)cc1. The quantitative estimate of drug-likeness (QED) is 0.708. The highest BCUT2D eigenvalue weighted by atomic mass is 16.4. The number of aromatic nitrogens is 3. The molecule has 112 valence electrons. The first kappa shape index (κ1) is 15.0. The van der Waals surface area contributed by atoms with Crippen LogP contribution in [0.3, 0.4) is 0 Å². The topological polar surface area (TPSA) is 100 Å². The molecule has 0 amide bonds. The van der Waals surface area contributed by atoms with Crippen molar-refractivity contribution < 1.29 is 15.0 Å². The minimum absolute atomic E-state index is 0.0547. The van der Waals surface area contributed by atoms with E-state index in [0.29, 0.717) is 24.3 Å². The van der Waals surface area contributed by atoms with Gasteiger partial charge in [-0.25, -0.2) is 4.79 Å². The maximum absolute atomic E-state index is 11.4. The van der Waals surface area contributed by atoms with Crippen LogP contribution in [0.25, 0.3) is 0 Å². The molecule has 1 heterocycles. The Morgan fingerprint density at radius 1 is 1.38 bits per heavy atom. The van der Waals surface area contributed by atoms with Crippen molar-refractivity contribution >= 4 is 11.7 Å². The van der Waals surface area contributed by atoms with E-state index in [9.17, 15) is 9.90 Å². The van der Waals surface area contributed by atoms with Gasteiger partial charge in [-0.15, -0.1) is 5.10 Å². The number of rotatable bonds is 7. The van der Waals surface area contributed by atoms with Crippen molar-refractivity contribution in [1.29, 1.82) is 0 Å². The number of carboxylic acids is 1. The number of aryl methyl sites for hydroxylation is 2. The van der Waals surface area contributed by atoms with E-state index in [2.05, 4.69) is 15.6 Å². The maximum Gasteiger partial charge on any atom is 0.332 e. The number of benzene rings is 1. The van der Waals surface area contributed by atoms with Gasteiger partial charge in [0, 0.05) is 18.8 Å². The van der Waals surface area contributed by atoms with E-state index in [1.807, 2.05) is 31.2 Å². The van der Waals surface area contributed by atoms with E-state index in [-0.39, 0.29) is 6.61 Å². The zero-order chi connectivity index (χ0) is 15.2. The fourth-order valence-electron chi connectivity index (χ4n) is 1.87. The molecule has 0 aliphatic rings. The highest BCUT2D eigenvalue weighted by molar-refractivity contribution is 5.78. The van der Waals surface area contributed by atoms with Crippen LogP contribution in [-0.4, -0.2) is 37.8 Å². The monoisotopic (exact) mass is 290 g/mol. The van der Waals surface area contributed by atoms with Gasteiger partial charge in [-0.05, 0) is 25.5 Å². The number of hydrogen-bond acceptors (Lipinski definition) is 5. The van der Waals surface area contributed by atoms with Gasteiger partial charge in [0.1, 0.15) is 5.69 Å². The molecular formula is C14H18N4O3. The molecule has 21 heavy (non-hydrogen) atoms. The lowest BCUT2D eigenvalue weighted by Crippen LogP contribution is -2.21. The standard InChI is InChI=1S/C14H18N4O3/c1-10-3-5-11(6-4-10)15-13(14(20)21)12-9-18(17-16-12)7-2-8-19/h3-6,9,13,15,19H,2,7-8H2,1H3,(H,20,21). The van der Waals surface area contributed by atoms with E-state index in [4.69, 9.17) is 5.11 Å². The lowest BCUT2D eigenvalue weighted by atomic mass is 10.2. The fraction of sp³-hybridized carbons (Fsp3) is 0.357. The van der Waals surface area contributed by atoms with Gasteiger partial charge in [0.25, 0.3) is 0 Å². The summed E-state index contributed by atoms with van der Waals surface area (Å²) in [6.07, 6.45) is 2.13. The molecule has 1 atom stereocenters. The molecule has 0 radical (unpaired) electrons. The zero-order valence-corrected chi connectivity index (χ0v) is 11.7. The lowest BCUT2D eigenvalue weighted by Gasteiger charge is -2.13. The number of nitrogens with zero attached hydrogens (tertiary/aromatic N) is 3. The van der Waals surface area contributed by atoms with Crippen molar-refractivity contribution in [2.75, 3.05) is 11.9 Å². The molecular weight excluding hydrogens is 272 g/mol. The Morgan fingerprint density at radius 3 is 2.71 bits per heavy atom. The number of aliphatic carboxylic acids is 1. The predicted octanol–water partition coefficient (Wildman–Crippen LogP) is 1.21. The molecule has 0 saturated carbocycles. The minimum Gasteiger partial charge on any atom is -0.479 e. The van der Waals surface area contributed by atoms with Crippen LogP contribution in [0.1, 0.15) is 23.7 Å². The first-order chi connectivity index (χ1) is 10.1. The molecule has 7 nitrogen and oxygen atoms in total. The first-order valence-corrected chi connectivity index (χ1v) is 6.67. The van der Waals surface area contributed by atoms with Crippen molar-refractivity contribution in [3.63, 3.8) is 0 Å². The highest BCUT2D eigenvalue weighted by Gasteiger charge is 2.23. The summed E-state index contributed by atoms with van der Waals surface area (Å²) in [5.74, 6) is -1.02. The van der Waals surface area contributed by atoms with Gasteiger partial charge >= 0.3 is 5.97 Å². The first-order valence-electron chi connectivity index (χ1n) is 6.67. The number of carboxylic acid groups (broad SMARTS) is 1. The van der Waals surface area contributed by atoms with E-state index >= 15 is 0 Å². The van der Waals surface area contributed by atoms with Gasteiger partial charge in [0.05, 0.1) is 6.20 Å². The predicted molar refractivity (Wildman–Crippen MR) is 76.9 cm³/mol. The third-order valence-electron chi connectivity index (χ3n) is 3.01. The number of hydrogen-bond donors (Lipinski definition) is 3. The average molecular weight is 290 g/mol. The molecule has 1 aromatic heterocycles. The van der Waals surface area contributed by atoms with Crippen LogP contribution >= 0.6 is 0 Å². The number of nitrogens with one attached hydrogen (secondary N) is 1. The van der Waals surface area contributed by atoms with E-state index < -0.39 is 12.0 Å².